The Kier molecular flexibility index (Phi) is 5.62. The highest BCUT2D eigenvalue weighted by molar-refractivity contribution is 9.10. The zero-order chi connectivity index (χ0) is 14.5. The highest BCUT2D eigenvalue weighted by Crippen LogP contribution is 2.30. The van der Waals surface area contributed by atoms with Gasteiger partial charge in [-0.25, -0.2) is 4.98 Å². The van der Waals surface area contributed by atoms with Crippen molar-refractivity contribution in [3.8, 4) is 0 Å². The van der Waals surface area contributed by atoms with E-state index in [1.165, 1.54) is 17.7 Å². The zero-order valence-corrected chi connectivity index (χ0v) is 13.7. The van der Waals surface area contributed by atoms with Crippen LogP contribution in [0.3, 0.4) is 0 Å². The predicted octanol–water partition coefficient (Wildman–Crippen LogP) is 2.52. The molecule has 0 saturated carbocycles. The summed E-state index contributed by atoms with van der Waals surface area (Å²) in [5.74, 6) is 3.05. The standard InChI is InChI=1S/C12H17BrN4O2S/c1-9-10(17(18)19)8-15-12(11(9)13)14-2-3-16-4-6-20-7-5-16/h8H,2-7H2,1H3,(H,14,15). The maximum atomic E-state index is 10.8. The fraction of sp³-hybridized carbons (Fsp3) is 0.583. The van der Waals surface area contributed by atoms with Gasteiger partial charge in [-0.05, 0) is 22.9 Å². The zero-order valence-electron chi connectivity index (χ0n) is 11.3. The van der Waals surface area contributed by atoms with Crippen molar-refractivity contribution in [2.45, 2.75) is 6.92 Å². The Bertz CT molecular complexity index is 495. The highest BCUT2D eigenvalue weighted by Gasteiger charge is 2.17. The van der Waals surface area contributed by atoms with E-state index in [2.05, 4.69) is 31.1 Å². The van der Waals surface area contributed by atoms with Crippen LogP contribution in [0.25, 0.3) is 0 Å². The maximum absolute atomic E-state index is 10.8. The predicted molar refractivity (Wildman–Crippen MR) is 85.6 cm³/mol. The summed E-state index contributed by atoms with van der Waals surface area (Å²) in [4.78, 5) is 16.9. The van der Waals surface area contributed by atoms with Crippen molar-refractivity contribution in [1.29, 1.82) is 0 Å². The average Bonchev–Trinajstić information content (AvgIpc) is 2.44. The number of anilines is 1. The summed E-state index contributed by atoms with van der Waals surface area (Å²) < 4.78 is 0.667. The molecule has 0 aromatic carbocycles. The van der Waals surface area contributed by atoms with Crippen molar-refractivity contribution < 1.29 is 4.92 Å². The minimum absolute atomic E-state index is 0.0375. The van der Waals surface area contributed by atoms with Crippen LogP contribution >= 0.6 is 27.7 Å². The molecule has 0 spiro atoms. The van der Waals surface area contributed by atoms with Crippen molar-refractivity contribution in [3.63, 3.8) is 0 Å². The van der Waals surface area contributed by atoms with Crippen LogP contribution in [-0.2, 0) is 0 Å². The second-order valence-electron chi connectivity index (χ2n) is 4.57. The third-order valence-electron chi connectivity index (χ3n) is 3.26. The van der Waals surface area contributed by atoms with Gasteiger partial charge in [0.15, 0.2) is 0 Å². The van der Waals surface area contributed by atoms with Crippen molar-refractivity contribution in [1.82, 2.24) is 9.88 Å². The lowest BCUT2D eigenvalue weighted by molar-refractivity contribution is -0.385. The minimum atomic E-state index is -0.414. The first-order valence-corrected chi connectivity index (χ1v) is 8.38. The van der Waals surface area contributed by atoms with Crippen LogP contribution in [0.15, 0.2) is 10.7 Å². The van der Waals surface area contributed by atoms with Gasteiger partial charge in [0.25, 0.3) is 5.69 Å². The highest BCUT2D eigenvalue weighted by atomic mass is 79.9. The second kappa shape index (κ2) is 7.24. The number of pyridine rings is 1. The molecule has 1 aromatic rings. The molecule has 1 saturated heterocycles. The Labute approximate surface area is 130 Å². The van der Waals surface area contributed by atoms with Crippen molar-refractivity contribution in [2.75, 3.05) is 43.0 Å². The molecule has 110 valence electrons. The van der Waals surface area contributed by atoms with Gasteiger partial charge >= 0.3 is 0 Å². The van der Waals surface area contributed by atoms with Gasteiger partial charge in [-0.2, -0.15) is 11.8 Å². The summed E-state index contributed by atoms with van der Waals surface area (Å²) >= 11 is 5.37. The molecule has 0 aliphatic carbocycles. The number of thioether (sulfide) groups is 1. The van der Waals surface area contributed by atoms with Crippen molar-refractivity contribution >= 4 is 39.2 Å². The summed E-state index contributed by atoms with van der Waals surface area (Å²) in [7, 11) is 0. The third-order valence-corrected chi connectivity index (χ3v) is 5.17. The number of rotatable bonds is 5. The van der Waals surface area contributed by atoms with Crippen LogP contribution < -0.4 is 5.32 Å². The smallest absolute Gasteiger partial charge is 0.291 e. The van der Waals surface area contributed by atoms with Crippen molar-refractivity contribution in [3.05, 3.63) is 26.3 Å². The van der Waals surface area contributed by atoms with E-state index in [0.717, 1.165) is 26.2 Å². The Morgan fingerprint density at radius 2 is 2.25 bits per heavy atom. The van der Waals surface area contributed by atoms with Gasteiger partial charge < -0.3 is 5.32 Å². The number of hydrogen-bond acceptors (Lipinski definition) is 6. The minimum Gasteiger partial charge on any atom is -0.368 e. The Morgan fingerprint density at radius 3 is 2.90 bits per heavy atom. The molecule has 0 bridgehead atoms. The third kappa shape index (κ3) is 3.83. The molecule has 1 N–H and O–H groups in total. The molecule has 1 aliphatic heterocycles. The van der Waals surface area contributed by atoms with Gasteiger partial charge in [0.2, 0.25) is 0 Å². The molecule has 2 heterocycles. The normalized spacial score (nSPS) is 16.1. The van der Waals surface area contributed by atoms with Gasteiger partial charge in [0.05, 0.1) is 9.40 Å². The molecule has 0 unspecified atom stereocenters. The topological polar surface area (TPSA) is 71.3 Å². The van der Waals surface area contributed by atoms with Gasteiger partial charge in [-0.15, -0.1) is 0 Å². The second-order valence-corrected chi connectivity index (χ2v) is 6.59. The fourth-order valence-electron chi connectivity index (χ4n) is 2.03. The number of aromatic nitrogens is 1. The van der Waals surface area contributed by atoms with Gasteiger partial charge in [0.1, 0.15) is 12.0 Å². The lowest BCUT2D eigenvalue weighted by Crippen LogP contribution is -2.36. The van der Waals surface area contributed by atoms with Crippen molar-refractivity contribution in [2.24, 2.45) is 0 Å². The van der Waals surface area contributed by atoms with E-state index in [-0.39, 0.29) is 5.69 Å². The van der Waals surface area contributed by atoms with E-state index >= 15 is 0 Å². The maximum Gasteiger partial charge on any atom is 0.291 e. The van der Waals surface area contributed by atoms with Gasteiger partial charge in [-0.1, -0.05) is 0 Å². The summed E-state index contributed by atoms with van der Waals surface area (Å²) in [5, 5.41) is 14.1. The lowest BCUT2D eigenvalue weighted by atomic mass is 10.2. The number of nitrogens with one attached hydrogen (secondary N) is 1. The lowest BCUT2D eigenvalue weighted by Gasteiger charge is -2.26. The Balaban J connectivity index is 1.92. The molecular formula is C12H17BrN4O2S. The molecule has 1 aromatic heterocycles. The quantitative estimate of drug-likeness (QED) is 0.642. The summed E-state index contributed by atoms with van der Waals surface area (Å²) in [6, 6.07) is 0. The first-order valence-electron chi connectivity index (χ1n) is 6.43. The average molecular weight is 361 g/mol. The Morgan fingerprint density at radius 1 is 1.55 bits per heavy atom. The van der Waals surface area contributed by atoms with Gasteiger partial charge in [0, 0.05) is 43.2 Å². The molecule has 1 fully saturated rings. The van der Waals surface area contributed by atoms with Crippen LogP contribution in [-0.4, -0.2) is 52.5 Å². The first kappa shape index (κ1) is 15.5. The van der Waals surface area contributed by atoms with E-state index in [4.69, 9.17) is 0 Å². The van der Waals surface area contributed by atoms with E-state index in [1.807, 2.05) is 11.8 Å². The SMILES string of the molecule is Cc1c([N+](=O)[O-])cnc(NCCN2CCSCC2)c1Br. The monoisotopic (exact) mass is 360 g/mol. The molecule has 2 rings (SSSR count). The first-order chi connectivity index (χ1) is 9.59. The molecule has 0 atom stereocenters. The molecular weight excluding hydrogens is 344 g/mol. The molecule has 8 heteroatoms. The number of nitrogens with zero attached hydrogens (tertiary/aromatic N) is 3. The van der Waals surface area contributed by atoms with Crippen LogP contribution in [0.2, 0.25) is 0 Å². The van der Waals surface area contributed by atoms with Gasteiger partial charge in [-0.3, -0.25) is 15.0 Å². The summed E-state index contributed by atoms with van der Waals surface area (Å²) in [6.07, 6.45) is 1.31. The van der Waals surface area contributed by atoms with E-state index < -0.39 is 4.92 Å². The molecule has 0 radical (unpaired) electrons. The van der Waals surface area contributed by atoms with E-state index in [0.29, 0.717) is 15.9 Å². The largest absolute Gasteiger partial charge is 0.368 e. The summed E-state index contributed by atoms with van der Waals surface area (Å²) in [6.45, 7) is 5.72. The molecule has 0 amide bonds. The number of hydrogen-bond donors (Lipinski definition) is 1. The molecule has 20 heavy (non-hydrogen) atoms. The van der Waals surface area contributed by atoms with E-state index in [9.17, 15) is 10.1 Å². The fourth-order valence-corrected chi connectivity index (χ4v) is 3.46. The van der Waals surface area contributed by atoms with E-state index in [1.54, 1.807) is 6.92 Å². The van der Waals surface area contributed by atoms with Crippen LogP contribution in [0.4, 0.5) is 11.5 Å². The number of halogens is 1. The summed E-state index contributed by atoms with van der Waals surface area (Å²) in [5.41, 5.74) is 0.636. The molecule has 6 nitrogen and oxygen atoms in total. The number of nitro groups is 1. The molecule has 1 aliphatic rings. The Hall–Kier alpha value is -0.860. The van der Waals surface area contributed by atoms with Crippen LogP contribution in [0.5, 0.6) is 0 Å². The van der Waals surface area contributed by atoms with Crippen LogP contribution in [0.1, 0.15) is 5.56 Å². The van der Waals surface area contributed by atoms with Crippen LogP contribution in [0, 0.1) is 17.0 Å².